The molecule has 1 N–H and O–H groups in total. The normalized spacial score (nSPS) is 17.0. The highest BCUT2D eigenvalue weighted by atomic mass is 79.9. The number of carboxylic acid groups (broad SMARTS) is 1. The number of tetrazole rings is 1. The number of halogens is 1. The van der Waals surface area contributed by atoms with Crippen molar-refractivity contribution in [2.24, 2.45) is 5.41 Å². The van der Waals surface area contributed by atoms with Crippen molar-refractivity contribution in [2.75, 3.05) is 0 Å². The highest BCUT2D eigenvalue weighted by molar-refractivity contribution is 9.10. The Morgan fingerprint density at radius 3 is 2.86 bits per heavy atom. The number of hydrogen-bond donors (Lipinski definition) is 1. The van der Waals surface area contributed by atoms with Gasteiger partial charge in [-0.15, -0.1) is 5.10 Å². The molecular formula is C13H14BrN5O2. The Hall–Kier alpha value is -1.83. The van der Waals surface area contributed by atoms with Crippen LogP contribution in [-0.2, 0) is 11.3 Å². The van der Waals surface area contributed by atoms with Crippen LogP contribution >= 0.6 is 15.9 Å². The van der Waals surface area contributed by atoms with Crippen LogP contribution in [0.25, 0.3) is 11.5 Å². The van der Waals surface area contributed by atoms with Crippen molar-refractivity contribution >= 4 is 21.9 Å². The maximum absolute atomic E-state index is 11.7. The third-order valence-electron chi connectivity index (χ3n) is 3.97. The van der Waals surface area contributed by atoms with Crippen molar-refractivity contribution in [1.29, 1.82) is 0 Å². The number of nitrogens with zero attached hydrogens (tertiary/aromatic N) is 5. The average Bonchev–Trinajstić information content (AvgIpc) is 3.10. The Bertz CT molecular complexity index is 666. The lowest BCUT2D eigenvalue weighted by atomic mass is 9.86. The van der Waals surface area contributed by atoms with Gasteiger partial charge < -0.3 is 5.11 Å². The van der Waals surface area contributed by atoms with E-state index in [1.807, 2.05) is 6.07 Å². The molecule has 8 heteroatoms. The monoisotopic (exact) mass is 351 g/mol. The minimum Gasteiger partial charge on any atom is -0.481 e. The number of carboxylic acids is 1. The zero-order valence-corrected chi connectivity index (χ0v) is 12.8. The first-order valence-electron chi connectivity index (χ1n) is 6.73. The van der Waals surface area contributed by atoms with Crippen LogP contribution in [0.15, 0.2) is 22.8 Å². The van der Waals surface area contributed by atoms with E-state index in [9.17, 15) is 9.90 Å². The summed E-state index contributed by atoms with van der Waals surface area (Å²) in [7, 11) is 0. The van der Waals surface area contributed by atoms with E-state index in [-0.39, 0.29) is 6.54 Å². The summed E-state index contributed by atoms with van der Waals surface area (Å²) < 4.78 is 2.32. The van der Waals surface area contributed by atoms with Gasteiger partial charge in [-0.3, -0.25) is 9.78 Å². The molecular weight excluding hydrogens is 338 g/mol. The molecule has 2 aromatic rings. The van der Waals surface area contributed by atoms with E-state index in [0.717, 1.165) is 17.3 Å². The van der Waals surface area contributed by atoms with E-state index >= 15 is 0 Å². The van der Waals surface area contributed by atoms with Gasteiger partial charge in [-0.1, -0.05) is 12.8 Å². The molecule has 0 amide bonds. The third-order valence-corrected chi connectivity index (χ3v) is 4.61. The zero-order valence-electron chi connectivity index (χ0n) is 11.2. The van der Waals surface area contributed by atoms with Gasteiger partial charge in [-0.25, -0.2) is 4.68 Å². The molecule has 1 aliphatic carbocycles. The molecule has 0 radical (unpaired) electrons. The zero-order chi connectivity index (χ0) is 14.9. The van der Waals surface area contributed by atoms with Crippen LogP contribution < -0.4 is 0 Å². The molecule has 0 unspecified atom stereocenters. The van der Waals surface area contributed by atoms with Gasteiger partial charge in [0.15, 0.2) is 0 Å². The maximum Gasteiger partial charge on any atom is 0.311 e. The summed E-state index contributed by atoms with van der Waals surface area (Å²) in [6, 6.07) is 3.65. The maximum atomic E-state index is 11.7. The summed E-state index contributed by atoms with van der Waals surface area (Å²) in [6.07, 6.45) is 4.83. The molecule has 2 heterocycles. The Balaban J connectivity index is 1.97. The molecule has 7 nitrogen and oxygen atoms in total. The highest BCUT2D eigenvalue weighted by Gasteiger charge is 2.42. The number of aromatic nitrogens is 5. The summed E-state index contributed by atoms with van der Waals surface area (Å²) in [5, 5.41) is 21.2. The smallest absolute Gasteiger partial charge is 0.311 e. The molecule has 2 aromatic heterocycles. The fourth-order valence-electron chi connectivity index (χ4n) is 2.81. The summed E-state index contributed by atoms with van der Waals surface area (Å²) in [6.45, 7) is 0.272. The molecule has 1 aliphatic rings. The van der Waals surface area contributed by atoms with Gasteiger partial charge >= 0.3 is 5.97 Å². The largest absolute Gasteiger partial charge is 0.481 e. The Labute approximate surface area is 129 Å². The molecule has 0 atom stereocenters. The molecule has 0 bridgehead atoms. The van der Waals surface area contributed by atoms with E-state index in [4.69, 9.17) is 0 Å². The topological polar surface area (TPSA) is 93.8 Å². The van der Waals surface area contributed by atoms with Crippen LogP contribution in [0.3, 0.4) is 0 Å². The number of hydrogen-bond acceptors (Lipinski definition) is 5. The molecule has 0 aliphatic heterocycles. The van der Waals surface area contributed by atoms with Crippen molar-refractivity contribution in [3.63, 3.8) is 0 Å². The number of pyridine rings is 1. The quantitative estimate of drug-likeness (QED) is 0.906. The van der Waals surface area contributed by atoms with Gasteiger partial charge in [-0.2, -0.15) is 0 Å². The fraction of sp³-hybridized carbons (Fsp3) is 0.462. The molecule has 1 saturated carbocycles. The predicted molar refractivity (Wildman–Crippen MR) is 77.3 cm³/mol. The standard InChI is InChI=1S/C13H14BrN5O2/c14-9-4-3-7-15-10(9)11-16-17-18-19(11)8-13(12(20)21)5-1-2-6-13/h3-4,7H,1-2,5-6,8H2,(H,20,21). The minimum absolute atomic E-state index is 0.272. The molecule has 0 spiro atoms. The lowest BCUT2D eigenvalue weighted by Crippen LogP contribution is -2.33. The van der Waals surface area contributed by atoms with Crippen molar-refractivity contribution < 1.29 is 9.90 Å². The van der Waals surface area contributed by atoms with Crippen LogP contribution in [0.5, 0.6) is 0 Å². The second-order valence-corrected chi connectivity index (χ2v) is 6.14. The molecule has 1 fully saturated rings. The summed E-state index contributed by atoms with van der Waals surface area (Å²) in [4.78, 5) is 15.9. The highest BCUT2D eigenvalue weighted by Crippen LogP contribution is 2.40. The number of rotatable bonds is 4. The lowest BCUT2D eigenvalue weighted by molar-refractivity contribution is -0.149. The number of carbonyl (C=O) groups is 1. The van der Waals surface area contributed by atoms with E-state index < -0.39 is 11.4 Å². The summed E-state index contributed by atoms with van der Waals surface area (Å²) in [5.41, 5.74) is -0.160. The first kappa shape index (κ1) is 14.1. The second-order valence-electron chi connectivity index (χ2n) is 5.29. The van der Waals surface area contributed by atoms with Gasteiger partial charge in [0.25, 0.3) is 0 Å². The lowest BCUT2D eigenvalue weighted by Gasteiger charge is -2.23. The van der Waals surface area contributed by atoms with Gasteiger partial charge in [0.1, 0.15) is 5.69 Å². The molecule has 3 rings (SSSR count). The van der Waals surface area contributed by atoms with Crippen molar-refractivity contribution in [3.8, 4) is 11.5 Å². The number of aliphatic carboxylic acids is 1. The fourth-order valence-corrected chi connectivity index (χ4v) is 3.24. The van der Waals surface area contributed by atoms with Crippen LogP contribution in [0.1, 0.15) is 25.7 Å². The van der Waals surface area contributed by atoms with Crippen LogP contribution in [-0.4, -0.2) is 36.3 Å². The molecule has 21 heavy (non-hydrogen) atoms. The Morgan fingerprint density at radius 1 is 1.43 bits per heavy atom. The van der Waals surface area contributed by atoms with Crippen LogP contribution in [0.4, 0.5) is 0 Å². The van der Waals surface area contributed by atoms with Crippen molar-refractivity contribution in [3.05, 3.63) is 22.8 Å². The van der Waals surface area contributed by atoms with Gasteiger partial charge in [0, 0.05) is 10.7 Å². The van der Waals surface area contributed by atoms with Crippen molar-refractivity contribution in [1.82, 2.24) is 25.2 Å². The minimum atomic E-state index is -0.776. The van der Waals surface area contributed by atoms with E-state index in [1.54, 1.807) is 16.9 Å². The van der Waals surface area contributed by atoms with E-state index in [2.05, 4.69) is 36.4 Å². The van der Waals surface area contributed by atoms with Crippen LogP contribution in [0.2, 0.25) is 0 Å². The summed E-state index contributed by atoms with van der Waals surface area (Å²) in [5.74, 6) is -0.295. The molecule has 0 aromatic carbocycles. The van der Waals surface area contributed by atoms with Gasteiger partial charge in [0.05, 0.1) is 12.0 Å². The Morgan fingerprint density at radius 2 is 2.19 bits per heavy atom. The first-order valence-corrected chi connectivity index (χ1v) is 7.52. The first-order chi connectivity index (χ1) is 10.1. The van der Waals surface area contributed by atoms with Gasteiger partial charge in [0.2, 0.25) is 5.82 Å². The van der Waals surface area contributed by atoms with E-state index in [0.29, 0.717) is 24.4 Å². The molecule has 0 saturated heterocycles. The summed E-state index contributed by atoms with van der Waals surface area (Å²) >= 11 is 3.42. The SMILES string of the molecule is O=C(O)C1(Cn2nnnc2-c2ncccc2Br)CCCC1. The van der Waals surface area contributed by atoms with Crippen molar-refractivity contribution in [2.45, 2.75) is 32.2 Å². The Kier molecular flexibility index (Phi) is 3.71. The van der Waals surface area contributed by atoms with Crippen LogP contribution in [0, 0.1) is 5.41 Å². The van der Waals surface area contributed by atoms with Gasteiger partial charge in [-0.05, 0) is 51.3 Å². The van der Waals surface area contributed by atoms with E-state index in [1.165, 1.54) is 0 Å². The predicted octanol–water partition coefficient (Wildman–Crippen LogP) is 2.14. The molecule has 110 valence electrons. The third kappa shape index (κ3) is 2.55. The average molecular weight is 352 g/mol. The second kappa shape index (κ2) is 5.51.